The number of hydrogen-bond acceptors (Lipinski definition) is 4. The highest BCUT2D eigenvalue weighted by Gasteiger charge is 2.05. The number of aliphatic carboxylic acids is 1. The van der Waals surface area contributed by atoms with Gasteiger partial charge in [0, 0.05) is 18.8 Å². The summed E-state index contributed by atoms with van der Waals surface area (Å²) in [5.41, 5.74) is 0.234. The molecule has 0 aliphatic carbocycles. The van der Waals surface area contributed by atoms with Crippen molar-refractivity contribution in [2.45, 2.75) is 12.8 Å². The molecule has 0 saturated carbocycles. The van der Waals surface area contributed by atoms with Crippen LogP contribution < -0.4 is 5.56 Å². The van der Waals surface area contributed by atoms with Gasteiger partial charge in [-0.25, -0.2) is 4.98 Å². The van der Waals surface area contributed by atoms with Crippen LogP contribution in [-0.4, -0.2) is 26.0 Å². The van der Waals surface area contributed by atoms with E-state index in [1.807, 2.05) is 0 Å². The maximum atomic E-state index is 11.6. The number of carboxylic acids is 1. The molecule has 2 N–H and O–H groups in total. The van der Waals surface area contributed by atoms with Gasteiger partial charge in [0.2, 0.25) is 0 Å². The van der Waals surface area contributed by atoms with Crippen molar-refractivity contribution in [3.8, 4) is 0 Å². The molecule has 2 rings (SSSR count). The van der Waals surface area contributed by atoms with Crippen molar-refractivity contribution in [2.24, 2.45) is 0 Å². The molecule has 0 unspecified atom stereocenters. The van der Waals surface area contributed by atoms with Crippen molar-refractivity contribution in [3.05, 3.63) is 34.6 Å². The van der Waals surface area contributed by atoms with Gasteiger partial charge in [0.05, 0.1) is 17.3 Å². The minimum absolute atomic E-state index is 0.0560. The lowest BCUT2D eigenvalue weighted by molar-refractivity contribution is -0.137. The summed E-state index contributed by atoms with van der Waals surface area (Å²) in [6.45, 7) is 0. The number of nitrogens with zero attached hydrogens (tertiary/aromatic N) is 2. The first-order chi connectivity index (χ1) is 7.66. The average molecular weight is 219 g/mol. The van der Waals surface area contributed by atoms with Crippen LogP contribution in [0.3, 0.4) is 0 Å². The van der Waals surface area contributed by atoms with Gasteiger partial charge in [-0.05, 0) is 6.07 Å². The zero-order chi connectivity index (χ0) is 11.5. The summed E-state index contributed by atoms with van der Waals surface area (Å²) < 4.78 is 0. The number of hydrogen-bond donors (Lipinski definition) is 2. The summed E-state index contributed by atoms with van der Waals surface area (Å²) in [4.78, 5) is 32.5. The summed E-state index contributed by atoms with van der Waals surface area (Å²) >= 11 is 0. The number of aryl methyl sites for hydroxylation is 1. The Bertz CT molecular complexity index is 591. The third-order valence-electron chi connectivity index (χ3n) is 2.13. The number of carboxylic acid groups (broad SMARTS) is 1. The van der Waals surface area contributed by atoms with E-state index in [-0.39, 0.29) is 18.4 Å². The van der Waals surface area contributed by atoms with Crippen molar-refractivity contribution in [1.82, 2.24) is 15.0 Å². The van der Waals surface area contributed by atoms with Crippen molar-refractivity contribution < 1.29 is 9.90 Å². The van der Waals surface area contributed by atoms with Crippen LogP contribution in [0.2, 0.25) is 0 Å². The van der Waals surface area contributed by atoms with Crippen molar-refractivity contribution in [3.63, 3.8) is 0 Å². The highest BCUT2D eigenvalue weighted by molar-refractivity contribution is 5.76. The Hall–Kier alpha value is -2.24. The molecule has 0 bridgehead atoms. The molecule has 0 aliphatic heterocycles. The number of carbonyl (C=O) groups is 1. The van der Waals surface area contributed by atoms with Gasteiger partial charge in [0.1, 0.15) is 5.82 Å². The summed E-state index contributed by atoms with van der Waals surface area (Å²) in [6, 6.07) is 1.62. The molecule has 6 heteroatoms. The fourth-order valence-corrected chi connectivity index (χ4v) is 1.38. The molecule has 0 saturated heterocycles. The first-order valence-electron chi connectivity index (χ1n) is 4.71. The number of aromatic nitrogens is 3. The minimum atomic E-state index is -0.919. The zero-order valence-corrected chi connectivity index (χ0v) is 8.30. The van der Waals surface area contributed by atoms with Crippen molar-refractivity contribution >= 4 is 16.9 Å². The van der Waals surface area contributed by atoms with Crippen LogP contribution >= 0.6 is 0 Å². The Morgan fingerprint density at radius 1 is 1.50 bits per heavy atom. The van der Waals surface area contributed by atoms with E-state index in [1.165, 1.54) is 12.4 Å². The minimum Gasteiger partial charge on any atom is -0.481 e. The molecular formula is C10H9N3O3. The second-order valence-corrected chi connectivity index (χ2v) is 3.30. The first-order valence-corrected chi connectivity index (χ1v) is 4.71. The molecule has 0 radical (unpaired) electrons. The summed E-state index contributed by atoms with van der Waals surface area (Å²) in [5.74, 6) is -0.538. The maximum Gasteiger partial charge on any atom is 0.303 e. The molecule has 6 nitrogen and oxygen atoms in total. The number of rotatable bonds is 3. The second-order valence-electron chi connectivity index (χ2n) is 3.30. The van der Waals surface area contributed by atoms with Gasteiger partial charge in [-0.15, -0.1) is 0 Å². The summed E-state index contributed by atoms with van der Waals surface area (Å²) in [5, 5.41) is 8.93. The maximum absolute atomic E-state index is 11.6. The second kappa shape index (κ2) is 4.09. The molecule has 2 heterocycles. The van der Waals surface area contributed by atoms with E-state index in [1.54, 1.807) is 6.07 Å². The molecular weight excluding hydrogens is 210 g/mol. The lowest BCUT2D eigenvalue weighted by atomic mass is 10.2. The Morgan fingerprint density at radius 2 is 2.31 bits per heavy atom. The summed E-state index contributed by atoms with van der Waals surface area (Å²) in [7, 11) is 0. The van der Waals surface area contributed by atoms with E-state index in [9.17, 15) is 9.59 Å². The standard InChI is InChI=1S/C10H9N3O3/c14-9(15)2-1-8-12-7-3-4-11-5-6(7)10(16)13-8/h3-5H,1-2H2,(H,14,15)(H,12,13,16). The fraction of sp³-hybridized carbons (Fsp3) is 0.200. The Morgan fingerprint density at radius 3 is 3.06 bits per heavy atom. The van der Waals surface area contributed by atoms with Gasteiger partial charge in [-0.1, -0.05) is 0 Å². The lowest BCUT2D eigenvalue weighted by Gasteiger charge is -2.00. The van der Waals surface area contributed by atoms with Crippen LogP contribution in [0.15, 0.2) is 23.3 Å². The smallest absolute Gasteiger partial charge is 0.303 e. The predicted molar refractivity (Wildman–Crippen MR) is 56.1 cm³/mol. The third-order valence-corrected chi connectivity index (χ3v) is 2.13. The highest BCUT2D eigenvalue weighted by atomic mass is 16.4. The van der Waals surface area contributed by atoms with Crippen molar-refractivity contribution in [2.75, 3.05) is 0 Å². The molecule has 0 aliphatic rings. The Balaban J connectivity index is 2.42. The van der Waals surface area contributed by atoms with E-state index in [0.717, 1.165) is 0 Å². The van der Waals surface area contributed by atoms with Crippen molar-refractivity contribution in [1.29, 1.82) is 0 Å². The SMILES string of the molecule is O=C(O)CCc1nc2ccncc2c(=O)[nH]1. The molecule has 0 fully saturated rings. The van der Waals surface area contributed by atoms with E-state index in [0.29, 0.717) is 16.7 Å². The number of pyridine rings is 1. The van der Waals surface area contributed by atoms with Crippen LogP contribution in [0, 0.1) is 0 Å². The van der Waals surface area contributed by atoms with Crippen LogP contribution in [0.1, 0.15) is 12.2 Å². The van der Waals surface area contributed by atoms with Crippen LogP contribution in [-0.2, 0) is 11.2 Å². The fourth-order valence-electron chi connectivity index (χ4n) is 1.38. The first kappa shape index (κ1) is 10.3. The molecule has 0 atom stereocenters. The Kier molecular flexibility index (Phi) is 2.63. The summed E-state index contributed by atoms with van der Waals surface area (Å²) in [6.07, 6.45) is 3.13. The van der Waals surface area contributed by atoms with Crippen LogP contribution in [0.4, 0.5) is 0 Å². The molecule has 2 aromatic rings. The average Bonchev–Trinajstić information content (AvgIpc) is 2.26. The monoisotopic (exact) mass is 219 g/mol. The molecule has 2 aromatic heterocycles. The molecule has 0 spiro atoms. The van der Waals surface area contributed by atoms with E-state index < -0.39 is 5.97 Å². The van der Waals surface area contributed by atoms with E-state index in [4.69, 9.17) is 5.11 Å². The van der Waals surface area contributed by atoms with E-state index >= 15 is 0 Å². The van der Waals surface area contributed by atoms with Gasteiger partial charge in [-0.3, -0.25) is 14.6 Å². The van der Waals surface area contributed by atoms with Gasteiger partial charge >= 0.3 is 5.97 Å². The van der Waals surface area contributed by atoms with Gasteiger partial charge in [0.25, 0.3) is 5.56 Å². The van der Waals surface area contributed by atoms with Crippen LogP contribution in [0.5, 0.6) is 0 Å². The largest absolute Gasteiger partial charge is 0.481 e. The van der Waals surface area contributed by atoms with Crippen LogP contribution in [0.25, 0.3) is 10.9 Å². The molecule has 0 aromatic carbocycles. The van der Waals surface area contributed by atoms with E-state index in [2.05, 4.69) is 15.0 Å². The van der Waals surface area contributed by atoms with Gasteiger partial charge in [-0.2, -0.15) is 0 Å². The zero-order valence-electron chi connectivity index (χ0n) is 8.30. The quantitative estimate of drug-likeness (QED) is 0.775. The van der Waals surface area contributed by atoms with Gasteiger partial charge in [0.15, 0.2) is 0 Å². The highest BCUT2D eigenvalue weighted by Crippen LogP contribution is 2.04. The lowest BCUT2D eigenvalue weighted by Crippen LogP contribution is -2.13. The third kappa shape index (κ3) is 2.05. The number of fused-ring (bicyclic) bond motifs is 1. The predicted octanol–water partition coefficient (Wildman–Crippen LogP) is 0.335. The number of H-pyrrole nitrogens is 1. The topological polar surface area (TPSA) is 95.9 Å². The number of nitrogens with one attached hydrogen (secondary N) is 1. The van der Waals surface area contributed by atoms with Gasteiger partial charge < -0.3 is 10.1 Å². The number of aromatic amines is 1. The molecule has 16 heavy (non-hydrogen) atoms. The normalized spacial score (nSPS) is 10.5. The Labute approximate surface area is 90.0 Å². The molecule has 82 valence electrons. The molecule has 0 amide bonds.